The Hall–Kier alpha value is -0.780. The van der Waals surface area contributed by atoms with Crippen LogP contribution in [-0.4, -0.2) is 41.3 Å². The number of carboxylic acids is 1. The van der Waals surface area contributed by atoms with E-state index in [1.165, 1.54) is 0 Å². The maximum atomic E-state index is 12.5. The van der Waals surface area contributed by atoms with Gasteiger partial charge in [0.25, 0.3) is 0 Å². The molecule has 0 spiro atoms. The molecule has 2 rings (SSSR count). The molecule has 0 aromatic carbocycles. The maximum Gasteiger partial charge on any atom is 0.391 e. The lowest BCUT2D eigenvalue weighted by atomic mass is 9.94. The van der Waals surface area contributed by atoms with Gasteiger partial charge < -0.3 is 5.11 Å². The van der Waals surface area contributed by atoms with Crippen molar-refractivity contribution in [1.29, 1.82) is 0 Å². The highest BCUT2D eigenvalue weighted by Crippen LogP contribution is 2.39. The summed E-state index contributed by atoms with van der Waals surface area (Å²) in [7, 11) is 0. The summed E-state index contributed by atoms with van der Waals surface area (Å²) in [5.41, 5.74) is 0. The van der Waals surface area contributed by atoms with Gasteiger partial charge in [0.2, 0.25) is 0 Å². The van der Waals surface area contributed by atoms with E-state index in [1.807, 2.05) is 0 Å². The van der Waals surface area contributed by atoms with Gasteiger partial charge in [-0.1, -0.05) is 0 Å². The molecule has 17 heavy (non-hydrogen) atoms. The molecule has 1 atom stereocenters. The second kappa shape index (κ2) is 4.48. The zero-order chi connectivity index (χ0) is 12.6. The highest BCUT2D eigenvalue weighted by molar-refractivity contribution is 5.74. The first-order chi connectivity index (χ1) is 7.89. The van der Waals surface area contributed by atoms with Crippen LogP contribution in [-0.2, 0) is 4.79 Å². The van der Waals surface area contributed by atoms with Gasteiger partial charge >= 0.3 is 12.1 Å². The first-order valence-corrected chi connectivity index (χ1v) is 5.93. The van der Waals surface area contributed by atoms with Crippen molar-refractivity contribution < 1.29 is 23.1 Å². The lowest BCUT2D eigenvalue weighted by Gasteiger charge is -2.36. The van der Waals surface area contributed by atoms with Gasteiger partial charge in [0.1, 0.15) is 6.04 Å². The molecule has 0 aromatic heterocycles. The second-order valence-electron chi connectivity index (χ2n) is 4.97. The van der Waals surface area contributed by atoms with E-state index in [9.17, 15) is 18.0 Å². The SMILES string of the molecule is O=C(O)C(C1CC1)N1CCC(C(F)(F)F)CC1. The van der Waals surface area contributed by atoms with Crippen LogP contribution in [0.1, 0.15) is 25.7 Å². The van der Waals surface area contributed by atoms with Crippen molar-refractivity contribution in [2.45, 2.75) is 37.9 Å². The molecule has 6 heteroatoms. The Balaban J connectivity index is 1.91. The van der Waals surface area contributed by atoms with Gasteiger partial charge in [0, 0.05) is 0 Å². The van der Waals surface area contributed by atoms with Crippen LogP contribution < -0.4 is 0 Å². The van der Waals surface area contributed by atoms with Gasteiger partial charge in [-0.3, -0.25) is 9.69 Å². The van der Waals surface area contributed by atoms with Gasteiger partial charge in [-0.05, 0) is 44.7 Å². The second-order valence-corrected chi connectivity index (χ2v) is 4.97. The number of piperidine rings is 1. The lowest BCUT2D eigenvalue weighted by Crippen LogP contribution is -2.48. The topological polar surface area (TPSA) is 40.5 Å². The van der Waals surface area contributed by atoms with Crippen LogP contribution >= 0.6 is 0 Å². The first kappa shape index (κ1) is 12.7. The number of hydrogen-bond donors (Lipinski definition) is 1. The minimum atomic E-state index is -4.13. The molecule has 1 aliphatic heterocycles. The summed E-state index contributed by atoms with van der Waals surface area (Å²) in [6, 6.07) is -0.566. The Kier molecular flexibility index (Phi) is 3.34. The van der Waals surface area contributed by atoms with Crippen LogP contribution in [0.2, 0.25) is 0 Å². The predicted molar refractivity (Wildman–Crippen MR) is 54.5 cm³/mol. The summed E-state index contributed by atoms with van der Waals surface area (Å²) in [6.07, 6.45) is -2.31. The lowest BCUT2D eigenvalue weighted by molar-refractivity contribution is -0.187. The van der Waals surface area contributed by atoms with E-state index in [2.05, 4.69) is 0 Å². The number of halogens is 3. The van der Waals surface area contributed by atoms with Crippen molar-refractivity contribution in [2.24, 2.45) is 11.8 Å². The third kappa shape index (κ3) is 2.91. The van der Waals surface area contributed by atoms with Gasteiger partial charge in [-0.25, -0.2) is 0 Å². The Bertz CT molecular complexity index is 294. The Morgan fingerprint density at radius 1 is 1.18 bits per heavy atom. The molecule has 98 valence electrons. The molecule has 2 fully saturated rings. The summed E-state index contributed by atoms with van der Waals surface area (Å²) < 4.78 is 37.4. The van der Waals surface area contributed by atoms with Gasteiger partial charge in [0.05, 0.1) is 5.92 Å². The normalized spacial score (nSPS) is 25.8. The molecular formula is C11H16F3NO2. The fraction of sp³-hybridized carbons (Fsp3) is 0.909. The molecule has 1 aliphatic carbocycles. The van der Waals surface area contributed by atoms with Crippen LogP contribution in [0.5, 0.6) is 0 Å². The number of rotatable bonds is 3. The number of nitrogens with zero attached hydrogens (tertiary/aromatic N) is 1. The molecule has 0 bridgehead atoms. The Morgan fingerprint density at radius 3 is 2.06 bits per heavy atom. The minimum absolute atomic E-state index is 0.0278. The van der Waals surface area contributed by atoms with Crippen molar-refractivity contribution in [3.8, 4) is 0 Å². The molecule has 1 saturated carbocycles. The van der Waals surface area contributed by atoms with Gasteiger partial charge in [0.15, 0.2) is 0 Å². The number of alkyl halides is 3. The molecule has 1 saturated heterocycles. The van der Waals surface area contributed by atoms with Crippen LogP contribution in [0.4, 0.5) is 13.2 Å². The summed E-state index contributed by atoms with van der Waals surface area (Å²) in [5, 5.41) is 9.10. The van der Waals surface area contributed by atoms with Crippen molar-refractivity contribution >= 4 is 5.97 Å². The number of likely N-dealkylation sites (tertiary alicyclic amines) is 1. The van der Waals surface area contributed by atoms with Gasteiger partial charge in [-0.15, -0.1) is 0 Å². The van der Waals surface area contributed by atoms with E-state index in [4.69, 9.17) is 5.11 Å². The quantitative estimate of drug-likeness (QED) is 0.835. The smallest absolute Gasteiger partial charge is 0.391 e. The average molecular weight is 251 g/mol. The van der Waals surface area contributed by atoms with E-state index >= 15 is 0 Å². The third-order valence-electron chi connectivity index (χ3n) is 3.71. The van der Waals surface area contributed by atoms with Gasteiger partial charge in [-0.2, -0.15) is 13.2 Å². The largest absolute Gasteiger partial charge is 0.480 e. The van der Waals surface area contributed by atoms with Crippen LogP contribution in [0.25, 0.3) is 0 Å². The molecule has 0 aromatic rings. The van der Waals surface area contributed by atoms with Crippen LogP contribution in [0.15, 0.2) is 0 Å². The predicted octanol–water partition coefficient (Wildman–Crippen LogP) is 2.12. The summed E-state index contributed by atoms with van der Waals surface area (Å²) in [6.45, 7) is 0.495. The highest BCUT2D eigenvalue weighted by Gasteiger charge is 2.45. The number of hydrogen-bond acceptors (Lipinski definition) is 2. The van der Waals surface area contributed by atoms with Crippen molar-refractivity contribution in [1.82, 2.24) is 4.90 Å². The zero-order valence-corrected chi connectivity index (χ0v) is 9.41. The fourth-order valence-electron chi connectivity index (χ4n) is 2.57. The minimum Gasteiger partial charge on any atom is -0.480 e. The Morgan fingerprint density at radius 2 is 1.71 bits per heavy atom. The summed E-state index contributed by atoms with van der Waals surface area (Å²) in [4.78, 5) is 12.8. The molecule has 0 radical (unpaired) electrons. The molecule has 0 amide bonds. The monoisotopic (exact) mass is 251 g/mol. The number of carboxylic acid groups (broad SMARTS) is 1. The molecule has 1 heterocycles. The van der Waals surface area contributed by atoms with Crippen LogP contribution in [0.3, 0.4) is 0 Å². The number of carbonyl (C=O) groups is 1. The molecule has 2 aliphatic rings. The van der Waals surface area contributed by atoms with Crippen molar-refractivity contribution in [3.63, 3.8) is 0 Å². The summed E-state index contributed by atoms with van der Waals surface area (Å²) in [5.74, 6) is -2.00. The van der Waals surface area contributed by atoms with E-state index in [-0.39, 0.29) is 31.8 Å². The fourth-order valence-corrected chi connectivity index (χ4v) is 2.57. The van der Waals surface area contributed by atoms with E-state index < -0.39 is 24.1 Å². The molecule has 1 unspecified atom stereocenters. The Labute approximate surface area is 97.6 Å². The zero-order valence-electron chi connectivity index (χ0n) is 9.41. The van der Waals surface area contributed by atoms with E-state index in [0.717, 1.165) is 12.8 Å². The number of aliphatic carboxylic acids is 1. The van der Waals surface area contributed by atoms with Crippen molar-refractivity contribution in [3.05, 3.63) is 0 Å². The third-order valence-corrected chi connectivity index (χ3v) is 3.71. The van der Waals surface area contributed by atoms with Crippen LogP contribution in [0, 0.1) is 11.8 Å². The maximum absolute atomic E-state index is 12.5. The molecule has 3 nitrogen and oxygen atoms in total. The molecular weight excluding hydrogens is 235 g/mol. The average Bonchev–Trinajstić information content (AvgIpc) is 3.01. The standard InChI is InChI=1S/C11H16F3NO2/c12-11(13,14)8-3-5-15(6-4-8)9(10(16)17)7-1-2-7/h7-9H,1-6H2,(H,16,17). The van der Waals surface area contributed by atoms with Crippen molar-refractivity contribution in [2.75, 3.05) is 13.1 Å². The molecule has 1 N–H and O–H groups in total. The van der Waals surface area contributed by atoms with E-state index in [1.54, 1.807) is 4.90 Å². The highest BCUT2D eigenvalue weighted by atomic mass is 19.4. The first-order valence-electron chi connectivity index (χ1n) is 5.93. The summed E-state index contributed by atoms with van der Waals surface area (Å²) >= 11 is 0. The van der Waals surface area contributed by atoms with E-state index in [0.29, 0.717) is 0 Å².